The number of rotatable bonds is 2. The van der Waals surface area contributed by atoms with Gasteiger partial charge in [-0.1, -0.05) is 5.21 Å². The topological polar surface area (TPSA) is 224 Å². The van der Waals surface area contributed by atoms with Crippen LogP contribution in [0.15, 0.2) is 17.4 Å². The molecule has 3 amide bonds. The third-order valence-corrected chi connectivity index (χ3v) is 3.20. The molecule has 7 N–H and O–H groups in total. The van der Waals surface area contributed by atoms with E-state index in [2.05, 4.69) is 25.6 Å². The average Bonchev–Trinajstić information content (AvgIpc) is 3.22. The summed E-state index contributed by atoms with van der Waals surface area (Å²) in [5.74, 6) is -1.57. The molecule has 28 heavy (non-hydrogen) atoms. The molecular formula is C12H15BN11O4. The zero-order chi connectivity index (χ0) is 20.3. The summed E-state index contributed by atoms with van der Waals surface area (Å²) in [4.78, 5) is 51.2. The molecule has 15 nitrogen and oxygen atoms in total. The van der Waals surface area contributed by atoms with Crippen LogP contribution in [-0.2, 0) is 7.05 Å². The first-order valence-electron chi connectivity index (χ1n) is 7.10. The molecule has 0 atom stereocenters. The van der Waals surface area contributed by atoms with Gasteiger partial charge < -0.3 is 22.5 Å². The molecule has 145 valence electrons. The van der Waals surface area contributed by atoms with E-state index in [0.29, 0.717) is 0 Å². The molecule has 3 rings (SSSR count). The predicted octanol–water partition coefficient (Wildman–Crippen LogP) is -3.71. The standard InChI is InChI=1S/C6H6N6O2.C6H9N5O2.B/c1-11-6(14)12-2-8-3(4(7)13)5(12)9-10-11;1-9-6(13)11-2-10-3(4(11)7)5(8)12;/h2H,1H3,(H2,7,13);2H,7H2,1H3,(H2,8,12)(H,9,13);. The van der Waals surface area contributed by atoms with Crippen molar-refractivity contribution in [2.24, 2.45) is 18.5 Å². The Bertz CT molecular complexity index is 1100. The van der Waals surface area contributed by atoms with E-state index in [9.17, 15) is 19.2 Å². The summed E-state index contributed by atoms with van der Waals surface area (Å²) < 4.78 is 3.13. The Morgan fingerprint density at radius 2 is 1.64 bits per heavy atom. The first-order valence-corrected chi connectivity index (χ1v) is 7.10. The summed E-state index contributed by atoms with van der Waals surface area (Å²) in [6, 6.07) is -0.475. The van der Waals surface area contributed by atoms with E-state index in [-0.39, 0.29) is 31.3 Å². The fourth-order valence-corrected chi connectivity index (χ4v) is 1.88. The Kier molecular flexibility index (Phi) is 6.57. The van der Waals surface area contributed by atoms with Crippen LogP contribution in [0.5, 0.6) is 0 Å². The van der Waals surface area contributed by atoms with E-state index >= 15 is 0 Å². The number of nitrogens with one attached hydrogen (secondary N) is 1. The summed E-state index contributed by atoms with van der Waals surface area (Å²) in [5.41, 5.74) is 14.9. The molecule has 0 spiro atoms. The van der Waals surface area contributed by atoms with Crippen molar-refractivity contribution >= 4 is 37.7 Å². The van der Waals surface area contributed by atoms with Gasteiger partial charge in [0.2, 0.25) is 0 Å². The highest BCUT2D eigenvalue weighted by Crippen LogP contribution is 2.07. The largest absolute Gasteiger partial charge is 0.383 e. The minimum atomic E-state index is -0.764. The fourth-order valence-electron chi connectivity index (χ4n) is 1.88. The number of carbonyl (C=O) groups excluding carboxylic acids is 3. The Morgan fingerprint density at radius 3 is 2.14 bits per heavy atom. The van der Waals surface area contributed by atoms with E-state index < -0.39 is 23.5 Å². The van der Waals surface area contributed by atoms with Crippen molar-refractivity contribution < 1.29 is 14.4 Å². The highest BCUT2D eigenvalue weighted by Gasteiger charge is 2.15. The van der Waals surface area contributed by atoms with Gasteiger partial charge in [0.25, 0.3) is 11.8 Å². The molecule has 3 aromatic heterocycles. The molecule has 0 aromatic carbocycles. The van der Waals surface area contributed by atoms with Crippen molar-refractivity contribution in [2.45, 2.75) is 0 Å². The van der Waals surface area contributed by atoms with Crippen molar-refractivity contribution in [3.8, 4) is 0 Å². The number of carbonyl (C=O) groups is 3. The molecule has 3 aromatic rings. The van der Waals surface area contributed by atoms with E-state index in [1.165, 1.54) is 20.4 Å². The van der Waals surface area contributed by atoms with Gasteiger partial charge in [-0.25, -0.2) is 28.5 Å². The van der Waals surface area contributed by atoms with Crippen LogP contribution in [0.4, 0.5) is 10.6 Å². The molecular weight excluding hydrogens is 373 g/mol. The van der Waals surface area contributed by atoms with Crippen LogP contribution in [0.3, 0.4) is 0 Å². The molecule has 0 aliphatic heterocycles. The maximum Gasteiger partial charge on any atom is 0.352 e. The Balaban J connectivity index is 0.000000271. The smallest absolute Gasteiger partial charge is 0.352 e. The summed E-state index contributed by atoms with van der Waals surface area (Å²) in [6.07, 6.45) is 2.32. The molecule has 0 saturated carbocycles. The van der Waals surface area contributed by atoms with Gasteiger partial charge in [-0.2, -0.15) is 4.68 Å². The van der Waals surface area contributed by atoms with Crippen molar-refractivity contribution in [2.75, 3.05) is 12.8 Å². The molecule has 16 heteroatoms. The maximum absolute atomic E-state index is 11.4. The molecule has 3 heterocycles. The summed E-state index contributed by atoms with van der Waals surface area (Å²) in [5, 5.41) is 9.47. The minimum absolute atomic E-state index is 0. The van der Waals surface area contributed by atoms with Gasteiger partial charge in [-0.3, -0.25) is 9.59 Å². The Labute approximate surface area is 158 Å². The van der Waals surface area contributed by atoms with Crippen molar-refractivity contribution in [3.63, 3.8) is 0 Å². The highest BCUT2D eigenvalue weighted by molar-refractivity contribution is 5.97. The maximum atomic E-state index is 11.4. The van der Waals surface area contributed by atoms with Crippen LogP contribution in [0.2, 0.25) is 0 Å². The first kappa shape index (κ1) is 21.8. The van der Waals surface area contributed by atoms with Gasteiger partial charge >= 0.3 is 11.7 Å². The number of hydrogen-bond donors (Lipinski definition) is 4. The molecule has 0 bridgehead atoms. The number of aryl methyl sites for hydroxylation is 1. The normalized spacial score (nSPS) is 9.79. The lowest BCUT2D eigenvalue weighted by Crippen LogP contribution is -2.27. The number of hydrogen-bond acceptors (Lipinski definition) is 9. The number of imidazole rings is 2. The number of aromatic nitrogens is 7. The molecule has 0 saturated heterocycles. The predicted molar refractivity (Wildman–Crippen MR) is 95.3 cm³/mol. The second-order valence-electron chi connectivity index (χ2n) is 4.91. The van der Waals surface area contributed by atoms with Crippen molar-refractivity contribution in [1.29, 1.82) is 0 Å². The third kappa shape index (κ3) is 3.95. The summed E-state index contributed by atoms with van der Waals surface area (Å²) >= 11 is 0. The number of fused-ring (bicyclic) bond motifs is 1. The second-order valence-corrected chi connectivity index (χ2v) is 4.91. The third-order valence-electron chi connectivity index (χ3n) is 3.20. The molecule has 3 radical (unpaired) electrons. The Morgan fingerprint density at radius 1 is 1.07 bits per heavy atom. The van der Waals surface area contributed by atoms with Crippen LogP contribution in [0.25, 0.3) is 5.65 Å². The zero-order valence-corrected chi connectivity index (χ0v) is 14.7. The van der Waals surface area contributed by atoms with Crippen molar-refractivity contribution in [3.05, 3.63) is 34.5 Å². The van der Waals surface area contributed by atoms with E-state index in [1.807, 2.05) is 0 Å². The summed E-state index contributed by atoms with van der Waals surface area (Å²) in [7, 11) is 2.88. The lowest BCUT2D eigenvalue weighted by molar-refractivity contribution is 0.0988. The van der Waals surface area contributed by atoms with E-state index in [4.69, 9.17) is 17.2 Å². The van der Waals surface area contributed by atoms with Gasteiger partial charge in [-0.05, 0) is 0 Å². The van der Waals surface area contributed by atoms with E-state index in [0.717, 1.165) is 20.0 Å². The van der Waals surface area contributed by atoms with Gasteiger partial charge in [0.1, 0.15) is 18.5 Å². The second kappa shape index (κ2) is 8.43. The van der Waals surface area contributed by atoms with Gasteiger partial charge in [0.05, 0.1) is 0 Å². The number of nitrogens with two attached hydrogens (primary N) is 3. The van der Waals surface area contributed by atoms with E-state index in [1.54, 1.807) is 0 Å². The van der Waals surface area contributed by atoms with Crippen LogP contribution < -0.4 is 28.2 Å². The lowest BCUT2D eigenvalue weighted by atomic mass is 10.4. The highest BCUT2D eigenvalue weighted by atomic mass is 16.2. The van der Waals surface area contributed by atoms with Crippen LogP contribution >= 0.6 is 0 Å². The number of amides is 3. The minimum Gasteiger partial charge on any atom is -0.383 e. The number of anilines is 1. The van der Waals surface area contributed by atoms with Gasteiger partial charge in [-0.15, -0.1) is 5.10 Å². The SMILES string of the molecule is CNC(=O)n1cnc(C(N)=O)c1N.Cn1nnc2c(C(N)=O)ncn2c1=O.[B]. The van der Waals surface area contributed by atoms with Gasteiger partial charge in [0, 0.05) is 22.5 Å². The number of primary amides is 2. The first-order chi connectivity index (χ1) is 12.7. The Hall–Kier alpha value is -4.24. The van der Waals surface area contributed by atoms with Crippen molar-refractivity contribution in [1.82, 2.24) is 39.2 Å². The van der Waals surface area contributed by atoms with Crippen LogP contribution in [-0.4, -0.2) is 67.2 Å². The quantitative estimate of drug-likeness (QED) is 0.316. The summed E-state index contributed by atoms with van der Waals surface area (Å²) in [6.45, 7) is 0. The van der Waals surface area contributed by atoms with Gasteiger partial charge in [0.15, 0.2) is 17.0 Å². The number of nitrogens with zero attached hydrogens (tertiary/aromatic N) is 7. The molecule has 0 fully saturated rings. The van der Waals surface area contributed by atoms with Crippen LogP contribution in [0.1, 0.15) is 21.0 Å². The molecule has 0 aliphatic carbocycles. The molecule has 0 unspecified atom stereocenters. The zero-order valence-electron chi connectivity index (χ0n) is 14.7. The average molecular weight is 388 g/mol. The molecule has 0 aliphatic rings. The van der Waals surface area contributed by atoms with Crippen LogP contribution in [0, 0.1) is 0 Å². The number of nitrogen functional groups attached to an aromatic ring is 1. The monoisotopic (exact) mass is 388 g/mol. The fraction of sp³-hybridized carbons (Fsp3) is 0.167. The lowest BCUT2D eigenvalue weighted by Gasteiger charge is -2.01.